The third kappa shape index (κ3) is 5.12. The summed E-state index contributed by atoms with van der Waals surface area (Å²) >= 11 is 0. The van der Waals surface area contributed by atoms with Gasteiger partial charge in [0.05, 0.1) is 17.1 Å². The summed E-state index contributed by atoms with van der Waals surface area (Å²) in [5.74, 6) is 3.66. The third-order valence-electron chi connectivity index (χ3n) is 17.9. The predicted molar refractivity (Wildman–Crippen MR) is 329 cm³/mol. The van der Waals surface area contributed by atoms with Crippen LogP contribution in [0.4, 0.5) is 68.2 Å². The van der Waals surface area contributed by atoms with E-state index in [4.69, 9.17) is 18.3 Å². The van der Waals surface area contributed by atoms with Gasteiger partial charge in [0.25, 0.3) is 0 Å². The number of hydrogen-bond donors (Lipinski definition) is 0. The normalized spacial score (nSPS) is 16.1. The molecule has 2 aromatic heterocycles. The van der Waals surface area contributed by atoms with Crippen LogP contribution in [-0.2, 0) is 0 Å². The Labute approximate surface area is 460 Å². The number of hydrogen-bond acceptors (Lipinski definition) is 8. The molecule has 6 aliphatic heterocycles. The standard InChI is InChI=1S/C70H40N4O4Si2/c1-4-17-39(18-5-1)72-50-26-14-25-49-65(50)79-66-51(71(49)42-33-34-56-45(35-42)43-23-10-12-29-54(43)75-56)27-15-31-57(66)76-59-38-47-46(61(72)69(59)79)37-60-70-62(47)74(41-21-8-3-9-22-41)53-36-48-44-24-11-13-30-55(44)78-64(48)63-68(53)80(70)67-52(28-16-32-58(67)77-60)73(63)40-19-6-2-7-20-40/h1-38,79-80H. The molecule has 0 spiro atoms. The molecule has 372 valence electrons. The molecule has 0 aliphatic carbocycles. The van der Waals surface area contributed by atoms with Crippen LogP contribution in [0.3, 0.4) is 0 Å². The molecule has 8 heterocycles. The molecule has 10 heteroatoms. The Bertz CT molecular complexity index is 5140. The monoisotopic (exact) mass is 1060 g/mol. The van der Waals surface area contributed by atoms with Crippen molar-refractivity contribution in [3.63, 3.8) is 0 Å². The van der Waals surface area contributed by atoms with E-state index in [2.05, 4.69) is 244 Å². The molecule has 0 bridgehead atoms. The lowest BCUT2D eigenvalue weighted by Crippen LogP contribution is -2.64. The summed E-state index contributed by atoms with van der Waals surface area (Å²) in [7, 11) is -4.77. The third-order valence-corrected chi connectivity index (χ3v) is 24.8. The highest BCUT2D eigenvalue weighted by molar-refractivity contribution is 7.03. The van der Waals surface area contributed by atoms with Crippen LogP contribution in [0, 0.1) is 0 Å². The fraction of sp³-hybridized carbons (Fsp3) is 0. The van der Waals surface area contributed by atoms with Crippen molar-refractivity contribution in [2.45, 2.75) is 0 Å². The van der Waals surface area contributed by atoms with Crippen LogP contribution in [0.1, 0.15) is 0 Å². The molecule has 12 aromatic carbocycles. The summed E-state index contributed by atoms with van der Waals surface area (Å²) < 4.78 is 28.7. The van der Waals surface area contributed by atoms with Crippen molar-refractivity contribution in [3.05, 3.63) is 231 Å². The Kier molecular flexibility index (Phi) is 7.77. The van der Waals surface area contributed by atoms with Gasteiger partial charge in [0.2, 0.25) is 0 Å². The van der Waals surface area contributed by atoms with Gasteiger partial charge >= 0.3 is 0 Å². The van der Waals surface area contributed by atoms with Gasteiger partial charge in [-0.2, -0.15) is 0 Å². The van der Waals surface area contributed by atoms with Gasteiger partial charge in [0.1, 0.15) is 39.7 Å². The number of anilines is 12. The predicted octanol–water partition coefficient (Wildman–Crippen LogP) is 14.5. The SMILES string of the molecule is c1ccc(N2c3cccc4c3[SiH]3c5c(cccc5N4c4ccc5oc6ccccc6c5c4)Oc4cc5c6c7c(cc5c2c43)Oc2cccc3c2[SiH]7c2c(cc4c(oc5ccccc54)c2N3c2ccccc2)N6c2ccccc2)cc1. The fourth-order valence-electron chi connectivity index (χ4n) is 14.9. The molecule has 2 atom stereocenters. The maximum atomic E-state index is 7.59. The van der Waals surface area contributed by atoms with Gasteiger partial charge in [-0.15, -0.1) is 0 Å². The van der Waals surface area contributed by atoms with Crippen LogP contribution in [-0.4, -0.2) is 17.6 Å². The van der Waals surface area contributed by atoms with Crippen LogP contribution in [0.2, 0.25) is 0 Å². The highest BCUT2D eigenvalue weighted by Crippen LogP contribution is 2.57. The van der Waals surface area contributed by atoms with E-state index in [9.17, 15) is 0 Å². The van der Waals surface area contributed by atoms with Gasteiger partial charge < -0.3 is 37.9 Å². The van der Waals surface area contributed by atoms with E-state index in [0.29, 0.717) is 0 Å². The van der Waals surface area contributed by atoms with Gasteiger partial charge in [-0.25, -0.2) is 0 Å². The van der Waals surface area contributed by atoms with Crippen molar-refractivity contribution in [3.8, 4) is 23.0 Å². The van der Waals surface area contributed by atoms with E-state index in [1.807, 2.05) is 6.07 Å². The van der Waals surface area contributed by atoms with E-state index in [1.54, 1.807) is 0 Å². The van der Waals surface area contributed by atoms with E-state index < -0.39 is 17.6 Å². The minimum atomic E-state index is -2.43. The molecule has 0 amide bonds. The molecular weight excluding hydrogens is 1020 g/mol. The van der Waals surface area contributed by atoms with Gasteiger partial charge in [0, 0.05) is 104 Å². The number of benzene rings is 12. The molecule has 6 aliphatic rings. The van der Waals surface area contributed by atoms with Gasteiger partial charge in [0.15, 0.2) is 23.2 Å². The average Bonchev–Trinajstić information content (AvgIpc) is 1.45. The zero-order chi connectivity index (χ0) is 51.6. The Morgan fingerprint density at radius 1 is 0.250 bits per heavy atom. The maximum Gasteiger partial charge on any atom is 0.159 e. The molecule has 0 saturated heterocycles. The van der Waals surface area contributed by atoms with Crippen LogP contribution in [0.15, 0.2) is 239 Å². The lowest BCUT2D eigenvalue weighted by molar-refractivity contribution is 0.486. The summed E-state index contributed by atoms with van der Waals surface area (Å²) in [6, 6.07) is 83.7. The number of furan rings is 2. The number of rotatable bonds is 4. The molecule has 14 aromatic rings. The summed E-state index contributed by atoms with van der Waals surface area (Å²) in [5, 5.41) is 14.5. The molecule has 80 heavy (non-hydrogen) atoms. The smallest absolute Gasteiger partial charge is 0.159 e. The first-order valence-corrected chi connectivity index (χ1v) is 30.9. The average molecular weight is 1060 g/mol. The Hall–Kier alpha value is -10.3. The molecular formula is C70H40N4O4Si2. The Morgan fingerprint density at radius 2 is 0.713 bits per heavy atom. The van der Waals surface area contributed by atoms with E-state index >= 15 is 0 Å². The first-order chi connectivity index (χ1) is 39.7. The van der Waals surface area contributed by atoms with Crippen molar-refractivity contribution < 1.29 is 18.3 Å². The van der Waals surface area contributed by atoms with Crippen molar-refractivity contribution >= 4 is 172 Å². The minimum Gasteiger partial charge on any atom is -0.457 e. The summed E-state index contributed by atoms with van der Waals surface area (Å²) in [6.45, 7) is 0. The van der Waals surface area contributed by atoms with Crippen molar-refractivity contribution in [1.29, 1.82) is 0 Å². The largest absolute Gasteiger partial charge is 0.457 e. The molecule has 0 saturated carbocycles. The molecule has 2 unspecified atom stereocenters. The molecule has 0 N–H and O–H groups in total. The van der Waals surface area contributed by atoms with Crippen LogP contribution < -0.4 is 60.2 Å². The Balaban J connectivity index is 0.912. The molecule has 0 fully saturated rings. The number of nitrogens with zero attached hydrogens (tertiary/aromatic N) is 4. The molecule has 20 rings (SSSR count). The first kappa shape index (κ1) is 41.8. The zero-order valence-electron chi connectivity index (χ0n) is 42.5. The summed E-state index contributed by atoms with van der Waals surface area (Å²) in [4.78, 5) is 10.0. The van der Waals surface area contributed by atoms with Crippen LogP contribution in [0.25, 0.3) is 54.6 Å². The fourth-order valence-corrected chi connectivity index (χ4v) is 22.6. The van der Waals surface area contributed by atoms with Gasteiger partial charge in [-0.3, -0.25) is 0 Å². The molecule has 0 radical (unpaired) electrons. The second kappa shape index (κ2) is 14.8. The molecule has 8 nitrogen and oxygen atoms in total. The lowest BCUT2D eigenvalue weighted by Gasteiger charge is -2.49. The quantitative estimate of drug-likeness (QED) is 0.162. The number of para-hydroxylation sites is 5. The number of fused-ring (bicyclic) bond motifs is 10. The highest BCUT2D eigenvalue weighted by atomic mass is 28.3. The van der Waals surface area contributed by atoms with Gasteiger partial charge in [-0.1, -0.05) is 109 Å². The summed E-state index contributed by atoms with van der Waals surface area (Å²) in [5.41, 5.74) is 17.1. The van der Waals surface area contributed by atoms with E-state index in [0.717, 1.165) is 135 Å². The zero-order valence-corrected chi connectivity index (χ0v) is 44.8. The topological polar surface area (TPSA) is 57.7 Å². The second-order valence-electron chi connectivity index (χ2n) is 21.8. The van der Waals surface area contributed by atoms with Crippen LogP contribution in [0.5, 0.6) is 23.0 Å². The minimum absolute atomic E-state index is 0.871. The van der Waals surface area contributed by atoms with E-state index in [-0.39, 0.29) is 0 Å². The number of ether oxygens (including phenoxy) is 2. The highest BCUT2D eigenvalue weighted by Gasteiger charge is 2.52. The lowest BCUT2D eigenvalue weighted by atomic mass is 9.99. The Morgan fingerprint density at radius 3 is 1.32 bits per heavy atom. The van der Waals surface area contributed by atoms with Crippen molar-refractivity contribution in [1.82, 2.24) is 0 Å². The van der Waals surface area contributed by atoms with Gasteiger partial charge in [-0.05, 0) is 132 Å². The summed E-state index contributed by atoms with van der Waals surface area (Å²) in [6.07, 6.45) is 0. The second-order valence-corrected chi connectivity index (χ2v) is 27.0. The van der Waals surface area contributed by atoms with Crippen molar-refractivity contribution in [2.24, 2.45) is 0 Å². The maximum absolute atomic E-state index is 7.59. The van der Waals surface area contributed by atoms with Crippen LogP contribution >= 0.6 is 0 Å². The van der Waals surface area contributed by atoms with Crippen molar-refractivity contribution in [2.75, 3.05) is 19.6 Å². The first-order valence-electron chi connectivity index (χ1n) is 27.4. The van der Waals surface area contributed by atoms with E-state index in [1.165, 1.54) is 42.5 Å².